The Morgan fingerprint density at radius 3 is 2.38 bits per heavy atom. The largest absolute Gasteiger partial charge is 0.435 e. The van der Waals surface area contributed by atoms with Crippen LogP contribution in [0.3, 0.4) is 0 Å². The molecule has 3 rings (SSSR count). The van der Waals surface area contributed by atoms with Crippen LogP contribution >= 0.6 is 0 Å². The Kier molecular flexibility index (Phi) is 9.60. The summed E-state index contributed by atoms with van der Waals surface area (Å²) in [5.74, 6) is -0.370. The Labute approximate surface area is 213 Å². The standard InChI is InChI=1S/C28H27F3N4O2/c1-4-5-6-21(9-8-19(3)29)26(36)35-25-15-23(12-7-18(25)2)34-28-32-16-22(17-33-28)20-10-13-24(14-11-20)37-27(30)31/h5-17,27H,4H2,1-3H3,(H,35,36)(H,32,33,34)/b6-5+,19-8+,21-9+. The summed E-state index contributed by atoms with van der Waals surface area (Å²) in [4.78, 5) is 21.5. The number of benzene rings is 2. The molecule has 0 saturated heterocycles. The third-order valence-corrected chi connectivity index (χ3v) is 5.09. The summed E-state index contributed by atoms with van der Waals surface area (Å²) in [6, 6.07) is 11.6. The monoisotopic (exact) mass is 508 g/mol. The topological polar surface area (TPSA) is 76.1 Å². The number of aryl methyl sites for hydroxylation is 1. The van der Waals surface area contributed by atoms with Crippen molar-refractivity contribution in [2.75, 3.05) is 10.6 Å². The van der Waals surface area contributed by atoms with Gasteiger partial charge in [-0.15, -0.1) is 0 Å². The molecular weight excluding hydrogens is 481 g/mol. The summed E-state index contributed by atoms with van der Waals surface area (Å²) in [6.07, 6.45) is 10.1. The molecule has 0 aliphatic carbocycles. The molecule has 0 unspecified atom stereocenters. The van der Waals surface area contributed by atoms with E-state index in [2.05, 4.69) is 25.3 Å². The number of ether oxygens (including phenoxy) is 1. The number of carbonyl (C=O) groups is 1. The van der Waals surface area contributed by atoms with Gasteiger partial charge in [-0.3, -0.25) is 4.79 Å². The van der Waals surface area contributed by atoms with Crippen LogP contribution in [-0.4, -0.2) is 22.5 Å². The van der Waals surface area contributed by atoms with Crippen molar-refractivity contribution >= 4 is 23.2 Å². The molecule has 37 heavy (non-hydrogen) atoms. The summed E-state index contributed by atoms with van der Waals surface area (Å²) in [7, 11) is 0. The molecule has 0 aliphatic rings. The highest BCUT2D eigenvalue weighted by molar-refractivity contribution is 6.06. The predicted octanol–water partition coefficient (Wildman–Crippen LogP) is 7.50. The smallest absolute Gasteiger partial charge is 0.387 e. The summed E-state index contributed by atoms with van der Waals surface area (Å²) in [5, 5.41) is 5.96. The SMILES string of the molecule is CC/C=C/C(=C\C=C(/C)F)C(=O)Nc1cc(Nc2ncc(-c3ccc(OC(F)F)cc3)cn2)ccc1C. The van der Waals surface area contributed by atoms with E-state index in [0.29, 0.717) is 28.5 Å². The van der Waals surface area contributed by atoms with Crippen LogP contribution in [0.15, 0.2) is 90.6 Å². The van der Waals surface area contributed by atoms with Crippen LogP contribution in [0.5, 0.6) is 5.75 Å². The number of aromatic nitrogens is 2. The normalized spacial score (nSPS) is 12.2. The van der Waals surface area contributed by atoms with Gasteiger partial charge in [0.25, 0.3) is 5.91 Å². The second kappa shape index (κ2) is 13.1. The van der Waals surface area contributed by atoms with Gasteiger partial charge in [0, 0.05) is 34.9 Å². The first-order valence-corrected chi connectivity index (χ1v) is 11.5. The van der Waals surface area contributed by atoms with Crippen LogP contribution in [0.4, 0.5) is 30.5 Å². The Morgan fingerprint density at radius 2 is 1.76 bits per heavy atom. The van der Waals surface area contributed by atoms with Gasteiger partial charge < -0.3 is 15.4 Å². The maximum atomic E-state index is 13.2. The van der Waals surface area contributed by atoms with Crippen LogP contribution in [0, 0.1) is 6.92 Å². The van der Waals surface area contributed by atoms with E-state index in [-0.39, 0.29) is 11.7 Å². The molecule has 0 spiro atoms. The molecule has 2 N–H and O–H groups in total. The molecule has 0 radical (unpaired) electrons. The molecule has 0 bridgehead atoms. The lowest BCUT2D eigenvalue weighted by Gasteiger charge is -2.12. The van der Waals surface area contributed by atoms with Crippen molar-refractivity contribution in [3.05, 3.63) is 96.1 Å². The molecule has 3 aromatic rings. The number of hydrogen-bond acceptors (Lipinski definition) is 5. The van der Waals surface area contributed by atoms with E-state index in [0.717, 1.165) is 17.5 Å². The minimum Gasteiger partial charge on any atom is -0.435 e. The molecule has 0 atom stereocenters. The van der Waals surface area contributed by atoms with Crippen molar-refractivity contribution in [3.8, 4) is 16.9 Å². The minimum atomic E-state index is -2.88. The second-order valence-corrected chi connectivity index (χ2v) is 7.99. The number of hydrogen-bond donors (Lipinski definition) is 2. The zero-order valence-electron chi connectivity index (χ0n) is 20.6. The van der Waals surface area contributed by atoms with E-state index >= 15 is 0 Å². The molecule has 2 aromatic carbocycles. The lowest BCUT2D eigenvalue weighted by molar-refractivity contribution is -0.112. The van der Waals surface area contributed by atoms with Gasteiger partial charge in [0.05, 0.1) is 5.83 Å². The zero-order chi connectivity index (χ0) is 26.8. The molecule has 1 heterocycles. The summed E-state index contributed by atoms with van der Waals surface area (Å²) in [5.41, 5.74) is 3.83. The number of rotatable bonds is 10. The fourth-order valence-electron chi connectivity index (χ4n) is 3.18. The van der Waals surface area contributed by atoms with Crippen molar-refractivity contribution in [3.63, 3.8) is 0 Å². The number of carbonyl (C=O) groups excluding carboxylic acids is 1. The van der Waals surface area contributed by atoms with Gasteiger partial charge in [0.2, 0.25) is 5.95 Å². The number of anilines is 3. The van der Waals surface area contributed by atoms with Crippen LogP contribution in [-0.2, 0) is 4.79 Å². The Bertz CT molecular complexity index is 1300. The fraction of sp³-hybridized carbons (Fsp3) is 0.179. The Balaban J connectivity index is 1.72. The van der Waals surface area contributed by atoms with Gasteiger partial charge in [-0.25, -0.2) is 14.4 Å². The molecule has 0 saturated carbocycles. The Hall–Kier alpha value is -4.40. The maximum absolute atomic E-state index is 13.2. The number of amides is 1. The molecule has 192 valence electrons. The first-order chi connectivity index (χ1) is 17.7. The predicted molar refractivity (Wildman–Crippen MR) is 140 cm³/mol. The zero-order valence-corrected chi connectivity index (χ0v) is 20.6. The lowest BCUT2D eigenvalue weighted by atomic mass is 10.1. The van der Waals surface area contributed by atoms with E-state index < -0.39 is 12.4 Å². The summed E-state index contributed by atoms with van der Waals surface area (Å²) >= 11 is 0. The fourth-order valence-corrected chi connectivity index (χ4v) is 3.18. The first-order valence-electron chi connectivity index (χ1n) is 11.5. The lowest BCUT2D eigenvalue weighted by Crippen LogP contribution is -2.14. The molecule has 1 amide bonds. The number of nitrogens with one attached hydrogen (secondary N) is 2. The van der Waals surface area contributed by atoms with Gasteiger partial charge in [0.15, 0.2) is 0 Å². The maximum Gasteiger partial charge on any atom is 0.387 e. The van der Waals surface area contributed by atoms with E-state index in [1.54, 1.807) is 36.7 Å². The third kappa shape index (κ3) is 8.34. The number of halogens is 3. The van der Waals surface area contributed by atoms with Crippen molar-refractivity contribution in [1.82, 2.24) is 9.97 Å². The van der Waals surface area contributed by atoms with Crippen molar-refractivity contribution in [2.45, 2.75) is 33.8 Å². The number of nitrogens with zero attached hydrogens (tertiary/aromatic N) is 2. The van der Waals surface area contributed by atoms with Crippen LogP contribution in [0.1, 0.15) is 25.8 Å². The molecule has 9 heteroatoms. The average molecular weight is 509 g/mol. The first kappa shape index (κ1) is 27.2. The van der Waals surface area contributed by atoms with Crippen LogP contribution in [0.2, 0.25) is 0 Å². The van der Waals surface area contributed by atoms with E-state index in [4.69, 9.17) is 0 Å². The van der Waals surface area contributed by atoms with Gasteiger partial charge in [-0.2, -0.15) is 8.78 Å². The van der Waals surface area contributed by atoms with Gasteiger partial charge in [0.1, 0.15) is 5.75 Å². The van der Waals surface area contributed by atoms with Crippen LogP contribution < -0.4 is 15.4 Å². The number of allylic oxidation sites excluding steroid dienone is 4. The molecule has 1 aromatic heterocycles. The van der Waals surface area contributed by atoms with Crippen molar-refractivity contribution < 1.29 is 22.7 Å². The van der Waals surface area contributed by atoms with Gasteiger partial charge >= 0.3 is 6.61 Å². The highest BCUT2D eigenvalue weighted by atomic mass is 19.3. The van der Waals surface area contributed by atoms with E-state index in [1.165, 1.54) is 31.2 Å². The third-order valence-electron chi connectivity index (χ3n) is 5.09. The Morgan fingerprint density at radius 1 is 1.05 bits per heavy atom. The molecular formula is C28H27F3N4O2. The highest BCUT2D eigenvalue weighted by Gasteiger charge is 2.10. The van der Waals surface area contributed by atoms with E-state index in [9.17, 15) is 18.0 Å². The van der Waals surface area contributed by atoms with E-state index in [1.807, 2.05) is 32.1 Å². The average Bonchev–Trinajstić information content (AvgIpc) is 2.86. The van der Waals surface area contributed by atoms with Gasteiger partial charge in [-0.05, 0) is 67.8 Å². The molecule has 0 fully saturated rings. The van der Waals surface area contributed by atoms with Crippen molar-refractivity contribution in [1.29, 1.82) is 0 Å². The van der Waals surface area contributed by atoms with Crippen LogP contribution in [0.25, 0.3) is 11.1 Å². The molecule has 0 aliphatic heterocycles. The van der Waals surface area contributed by atoms with Crippen molar-refractivity contribution in [2.24, 2.45) is 0 Å². The summed E-state index contributed by atoms with van der Waals surface area (Å²) < 4.78 is 42.2. The van der Waals surface area contributed by atoms with Gasteiger partial charge in [-0.1, -0.05) is 37.3 Å². The molecule has 6 nitrogen and oxygen atoms in total. The highest BCUT2D eigenvalue weighted by Crippen LogP contribution is 2.25. The second-order valence-electron chi connectivity index (χ2n) is 7.99. The number of alkyl halides is 2. The quantitative estimate of drug-likeness (QED) is 0.219. The summed E-state index contributed by atoms with van der Waals surface area (Å²) in [6.45, 7) is 2.23. The minimum absolute atomic E-state index is 0.0678.